The molecule has 1 heterocycles. The number of rotatable bonds is 2. The fourth-order valence-corrected chi connectivity index (χ4v) is 2.22. The Labute approximate surface area is 99.2 Å². The van der Waals surface area contributed by atoms with Crippen LogP contribution in [0.4, 0.5) is 0 Å². The summed E-state index contributed by atoms with van der Waals surface area (Å²) in [7, 11) is 0. The van der Waals surface area contributed by atoms with E-state index in [0.717, 1.165) is 21.8 Å². The minimum atomic E-state index is 0.642. The Morgan fingerprint density at radius 2 is 1.41 bits per heavy atom. The maximum atomic E-state index is 5.47. The lowest BCUT2D eigenvalue weighted by Gasteiger charge is -2.09. The third kappa shape index (κ3) is 1.65. The molecule has 84 valence electrons. The molecule has 0 spiro atoms. The molecule has 0 saturated heterocycles. The number of aromatic nitrogens is 1. The molecule has 3 aromatic rings. The van der Waals surface area contributed by atoms with Gasteiger partial charge in [0.05, 0.1) is 11.0 Å². The highest BCUT2D eigenvalue weighted by molar-refractivity contribution is 5.97. The van der Waals surface area contributed by atoms with Crippen molar-refractivity contribution in [3.63, 3.8) is 0 Å². The molecule has 0 unspecified atom stereocenters. The lowest BCUT2D eigenvalue weighted by molar-refractivity contribution is 0.749. The van der Waals surface area contributed by atoms with Gasteiger partial charge in [0.2, 0.25) is 0 Å². The zero-order valence-corrected chi connectivity index (χ0v) is 9.35. The predicted molar refractivity (Wildman–Crippen MR) is 70.3 cm³/mol. The molecular formula is C14H13N3. The second-order valence-electron chi connectivity index (χ2n) is 4.01. The van der Waals surface area contributed by atoms with Crippen molar-refractivity contribution in [3.05, 3.63) is 54.1 Å². The SMILES string of the molecule is NNCc1c2ccccc2nc2ccccc12. The van der Waals surface area contributed by atoms with Gasteiger partial charge in [0.25, 0.3) is 0 Å². The highest BCUT2D eigenvalue weighted by Crippen LogP contribution is 2.25. The van der Waals surface area contributed by atoms with E-state index < -0.39 is 0 Å². The van der Waals surface area contributed by atoms with Gasteiger partial charge in [-0.3, -0.25) is 11.3 Å². The van der Waals surface area contributed by atoms with Gasteiger partial charge >= 0.3 is 0 Å². The van der Waals surface area contributed by atoms with Crippen LogP contribution in [0, 0.1) is 0 Å². The minimum absolute atomic E-state index is 0.642. The maximum absolute atomic E-state index is 5.47. The summed E-state index contributed by atoms with van der Waals surface area (Å²) in [6.45, 7) is 0.642. The van der Waals surface area contributed by atoms with Gasteiger partial charge in [0, 0.05) is 17.3 Å². The molecule has 17 heavy (non-hydrogen) atoms. The number of nitrogens with zero attached hydrogens (tertiary/aromatic N) is 1. The highest BCUT2D eigenvalue weighted by atomic mass is 15.2. The normalized spacial score (nSPS) is 11.1. The summed E-state index contributed by atoms with van der Waals surface area (Å²) in [5.41, 5.74) is 5.96. The summed E-state index contributed by atoms with van der Waals surface area (Å²) in [4.78, 5) is 4.65. The molecule has 3 nitrogen and oxygen atoms in total. The number of pyridine rings is 1. The van der Waals surface area contributed by atoms with Crippen molar-refractivity contribution in [2.45, 2.75) is 6.54 Å². The van der Waals surface area contributed by atoms with E-state index in [4.69, 9.17) is 5.84 Å². The van der Waals surface area contributed by atoms with Crippen LogP contribution in [0.25, 0.3) is 21.8 Å². The number of nitrogens with one attached hydrogen (secondary N) is 1. The lowest BCUT2D eigenvalue weighted by Crippen LogP contribution is -2.21. The first-order valence-corrected chi connectivity index (χ1v) is 5.60. The van der Waals surface area contributed by atoms with Crippen LogP contribution >= 0.6 is 0 Å². The zero-order valence-electron chi connectivity index (χ0n) is 9.35. The Kier molecular flexibility index (Phi) is 2.48. The average Bonchev–Trinajstić information content (AvgIpc) is 2.39. The van der Waals surface area contributed by atoms with Gasteiger partial charge in [-0.15, -0.1) is 0 Å². The summed E-state index contributed by atoms with van der Waals surface area (Å²) in [6.07, 6.45) is 0. The van der Waals surface area contributed by atoms with E-state index in [9.17, 15) is 0 Å². The number of para-hydroxylation sites is 2. The van der Waals surface area contributed by atoms with Crippen molar-refractivity contribution in [3.8, 4) is 0 Å². The second-order valence-corrected chi connectivity index (χ2v) is 4.01. The number of hydrogen-bond donors (Lipinski definition) is 2. The van der Waals surface area contributed by atoms with E-state index in [-0.39, 0.29) is 0 Å². The van der Waals surface area contributed by atoms with Crippen molar-refractivity contribution in [2.24, 2.45) is 5.84 Å². The van der Waals surface area contributed by atoms with Crippen LogP contribution in [0.15, 0.2) is 48.5 Å². The van der Waals surface area contributed by atoms with Crippen molar-refractivity contribution >= 4 is 21.8 Å². The van der Waals surface area contributed by atoms with Gasteiger partial charge in [-0.2, -0.15) is 0 Å². The van der Waals surface area contributed by atoms with E-state index in [1.54, 1.807) is 0 Å². The van der Waals surface area contributed by atoms with Crippen LogP contribution in [-0.4, -0.2) is 4.98 Å². The molecule has 0 saturated carbocycles. The van der Waals surface area contributed by atoms with Crippen LogP contribution in [0.1, 0.15) is 5.56 Å². The van der Waals surface area contributed by atoms with E-state index in [2.05, 4.69) is 22.5 Å². The van der Waals surface area contributed by atoms with Crippen LogP contribution in [0.5, 0.6) is 0 Å². The first-order valence-electron chi connectivity index (χ1n) is 5.60. The molecule has 0 aliphatic carbocycles. The van der Waals surface area contributed by atoms with Gasteiger partial charge < -0.3 is 0 Å². The first-order chi connectivity index (χ1) is 8.40. The summed E-state index contributed by atoms with van der Waals surface area (Å²) >= 11 is 0. The standard InChI is InChI=1S/C14H13N3/c15-16-9-12-10-5-1-3-7-13(10)17-14-8-4-2-6-11(12)14/h1-8,16H,9,15H2. The van der Waals surface area contributed by atoms with E-state index in [1.807, 2.05) is 36.4 Å². The fraction of sp³-hybridized carbons (Fsp3) is 0.0714. The number of hydrazine groups is 1. The van der Waals surface area contributed by atoms with Crippen LogP contribution in [-0.2, 0) is 6.54 Å². The molecule has 0 bridgehead atoms. The van der Waals surface area contributed by atoms with Gasteiger partial charge in [-0.25, -0.2) is 4.98 Å². The largest absolute Gasteiger partial charge is 0.271 e. The van der Waals surface area contributed by atoms with Crippen LogP contribution in [0.2, 0.25) is 0 Å². The Bertz CT molecular complexity index is 622. The Morgan fingerprint density at radius 3 is 1.94 bits per heavy atom. The average molecular weight is 223 g/mol. The fourth-order valence-electron chi connectivity index (χ4n) is 2.22. The maximum Gasteiger partial charge on any atom is 0.0713 e. The molecule has 0 fully saturated rings. The van der Waals surface area contributed by atoms with E-state index in [1.165, 1.54) is 5.56 Å². The van der Waals surface area contributed by atoms with Crippen LogP contribution < -0.4 is 11.3 Å². The topological polar surface area (TPSA) is 50.9 Å². The third-order valence-electron chi connectivity index (χ3n) is 2.98. The van der Waals surface area contributed by atoms with Gasteiger partial charge in [0.15, 0.2) is 0 Å². The molecule has 0 aliphatic rings. The predicted octanol–water partition coefficient (Wildman–Crippen LogP) is 2.35. The molecule has 3 rings (SSSR count). The van der Waals surface area contributed by atoms with Crippen molar-refractivity contribution in [2.75, 3.05) is 0 Å². The molecule has 1 aromatic heterocycles. The van der Waals surface area contributed by atoms with Gasteiger partial charge in [0.1, 0.15) is 0 Å². The van der Waals surface area contributed by atoms with Crippen molar-refractivity contribution < 1.29 is 0 Å². The minimum Gasteiger partial charge on any atom is -0.271 e. The van der Waals surface area contributed by atoms with E-state index >= 15 is 0 Å². The molecule has 3 heteroatoms. The zero-order chi connectivity index (χ0) is 11.7. The second kappa shape index (κ2) is 4.13. The molecule has 0 amide bonds. The molecule has 0 atom stereocenters. The number of benzene rings is 2. The van der Waals surface area contributed by atoms with Crippen LogP contribution in [0.3, 0.4) is 0 Å². The summed E-state index contributed by atoms with van der Waals surface area (Å²) in [6, 6.07) is 16.3. The third-order valence-corrected chi connectivity index (χ3v) is 2.98. The molecule has 3 N–H and O–H groups in total. The van der Waals surface area contributed by atoms with Crippen molar-refractivity contribution in [1.82, 2.24) is 10.4 Å². The Morgan fingerprint density at radius 1 is 0.882 bits per heavy atom. The lowest BCUT2D eigenvalue weighted by atomic mass is 10.0. The molecular weight excluding hydrogens is 210 g/mol. The number of hydrogen-bond acceptors (Lipinski definition) is 3. The van der Waals surface area contributed by atoms with Crippen molar-refractivity contribution in [1.29, 1.82) is 0 Å². The smallest absolute Gasteiger partial charge is 0.0713 e. The van der Waals surface area contributed by atoms with Gasteiger partial charge in [-0.05, 0) is 17.7 Å². The highest BCUT2D eigenvalue weighted by Gasteiger charge is 2.07. The summed E-state index contributed by atoms with van der Waals surface area (Å²) in [5.74, 6) is 5.47. The Hall–Kier alpha value is -1.97. The molecule has 0 radical (unpaired) electrons. The molecule has 0 aliphatic heterocycles. The summed E-state index contributed by atoms with van der Waals surface area (Å²) in [5, 5.41) is 2.31. The number of nitrogens with two attached hydrogens (primary N) is 1. The quantitative estimate of drug-likeness (QED) is 0.398. The van der Waals surface area contributed by atoms with Gasteiger partial charge in [-0.1, -0.05) is 36.4 Å². The monoisotopic (exact) mass is 223 g/mol. The summed E-state index contributed by atoms with van der Waals surface area (Å²) < 4.78 is 0. The Balaban J connectivity index is 2.47. The van der Waals surface area contributed by atoms with E-state index in [0.29, 0.717) is 6.54 Å². The number of fused-ring (bicyclic) bond motifs is 2. The molecule has 2 aromatic carbocycles. The first kappa shape index (κ1) is 10.2.